The van der Waals surface area contributed by atoms with Gasteiger partial charge in [0, 0.05) is 25.0 Å². The Hall–Kier alpha value is -1.78. The molecule has 0 N–H and O–H groups in total. The van der Waals surface area contributed by atoms with Gasteiger partial charge in [-0.1, -0.05) is 0 Å². The van der Waals surface area contributed by atoms with E-state index in [1.807, 2.05) is 0 Å². The molecule has 0 aromatic carbocycles. The molecule has 0 fully saturated rings. The van der Waals surface area contributed by atoms with Crippen LogP contribution in [0, 0.1) is 13.8 Å². The van der Waals surface area contributed by atoms with Crippen molar-refractivity contribution in [2.24, 2.45) is 0 Å². The number of furan rings is 1. The second kappa shape index (κ2) is 4.16. The fraction of sp³-hybridized carbons (Fsp3) is 0.400. The highest BCUT2D eigenvalue weighted by Crippen LogP contribution is 2.33. The van der Waals surface area contributed by atoms with Crippen LogP contribution in [-0.2, 0) is 9.59 Å². The van der Waals surface area contributed by atoms with Gasteiger partial charge in [-0.05, 0) is 13.8 Å². The van der Waals surface area contributed by atoms with E-state index < -0.39 is 11.9 Å². The van der Waals surface area contributed by atoms with E-state index in [9.17, 15) is 9.59 Å². The van der Waals surface area contributed by atoms with Crippen molar-refractivity contribution < 1.29 is 23.5 Å². The number of hydrogen-bond donors (Lipinski definition) is 0. The summed E-state index contributed by atoms with van der Waals surface area (Å²) in [6.07, 6.45) is 0. The molecule has 0 aliphatic carbocycles. The fourth-order valence-corrected chi connectivity index (χ4v) is 0.999. The Balaban J connectivity index is 3.00. The molecule has 5 heteroatoms. The average Bonchev–Trinajstić information content (AvgIpc) is 2.32. The summed E-state index contributed by atoms with van der Waals surface area (Å²) in [6.45, 7) is 5.96. The SMILES string of the molecule is CC(=O)Oc1oc(OC(C)=O)c(C)c1C. The van der Waals surface area contributed by atoms with Gasteiger partial charge in [0.25, 0.3) is 11.9 Å². The molecular weight excluding hydrogens is 200 g/mol. The largest absolute Gasteiger partial charge is 0.392 e. The predicted molar refractivity (Wildman–Crippen MR) is 50.8 cm³/mol. The van der Waals surface area contributed by atoms with Crippen LogP contribution in [0.1, 0.15) is 25.0 Å². The summed E-state index contributed by atoms with van der Waals surface area (Å²) in [5, 5.41) is 0. The Bertz CT molecular complexity index is 366. The first-order valence-electron chi connectivity index (χ1n) is 4.38. The molecular formula is C10H12O5. The van der Waals surface area contributed by atoms with Crippen LogP contribution in [-0.4, -0.2) is 11.9 Å². The minimum atomic E-state index is -0.485. The zero-order valence-corrected chi connectivity index (χ0v) is 9.04. The van der Waals surface area contributed by atoms with E-state index in [-0.39, 0.29) is 11.9 Å². The van der Waals surface area contributed by atoms with Gasteiger partial charge in [0.1, 0.15) is 0 Å². The Kier molecular flexibility index (Phi) is 3.14. The summed E-state index contributed by atoms with van der Waals surface area (Å²) in [5.74, 6) is -0.838. The van der Waals surface area contributed by atoms with E-state index in [4.69, 9.17) is 13.9 Å². The maximum absolute atomic E-state index is 10.7. The molecule has 1 aromatic heterocycles. The van der Waals surface area contributed by atoms with Gasteiger partial charge in [-0.3, -0.25) is 9.59 Å². The molecule has 5 nitrogen and oxygen atoms in total. The molecule has 1 aromatic rings. The van der Waals surface area contributed by atoms with Crippen molar-refractivity contribution in [3.05, 3.63) is 11.1 Å². The van der Waals surface area contributed by atoms with E-state index in [0.29, 0.717) is 11.1 Å². The van der Waals surface area contributed by atoms with Crippen LogP contribution >= 0.6 is 0 Å². The van der Waals surface area contributed by atoms with E-state index in [1.54, 1.807) is 13.8 Å². The quantitative estimate of drug-likeness (QED) is 0.698. The molecule has 0 saturated heterocycles. The van der Waals surface area contributed by atoms with Crippen molar-refractivity contribution in [2.75, 3.05) is 0 Å². The lowest BCUT2D eigenvalue weighted by Gasteiger charge is -1.96. The van der Waals surface area contributed by atoms with E-state index in [2.05, 4.69) is 0 Å². The molecule has 0 bridgehead atoms. The van der Waals surface area contributed by atoms with Crippen molar-refractivity contribution in [1.82, 2.24) is 0 Å². The lowest BCUT2D eigenvalue weighted by Crippen LogP contribution is -2.01. The van der Waals surface area contributed by atoms with Crippen molar-refractivity contribution in [2.45, 2.75) is 27.7 Å². The normalized spacial score (nSPS) is 9.87. The summed E-state index contributed by atoms with van der Waals surface area (Å²) < 4.78 is 14.7. The highest BCUT2D eigenvalue weighted by molar-refractivity contribution is 5.70. The van der Waals surface area contributed by atoms with E-state index >= 15 is 0 Å². The number of carbonyl (C=O) groups is 2. The second-order valence-corrected chi connectivity index (χ2v) is 3.11. The van der Waals surface area contributed by atoms with Gasteiger partial charge in [-0.15, -0.1) is 0 Å². The minimum Gasteiger partial charge on any atom is -0.392 e. The van der Waals surface area contributed by atoms with Crippen molar-refractivity contribution >= 4 is 11.9 Å². The third kappa shape index (κ3) is 2.59. The molecule has 0 amide bonds. The van der Waals surface area contributed by atoms with Gasteiger partial charge in [0.2, 0.25) is 0 Å². The molecule has 1 heterocycles. The highest BCUT2D eigenvalue weighted by atomic mass is 16.7. The highest BCUT2D eigenvalue weighted by Gasteiger charge is 2.18. The van der Waals surface area contributed by atoms with Crippen LogP contribution < -0.4 is 9.47 Å². The minimum absolute atomic E-state index is 0.0660. The maximum Gasteiger partial charge on any atom is 0.310 e. The number of rotatable bonds is 2. The van der Waals surface area contributed by atoms with Gasteiger partial charge in [0.15, 0.2) is 0 Å². The van der Waals surface area contributed by atoms with E-state index in [0.717, 1.165) is 0 Å². The first-order chi connectivity index (χ1) is 6.91. The molecule has 0 aliphatic heterocycles. The number of ether oxygens (including phenoxy) is 2. The van der Waals surface area contributed by atoms with Crippen molar-refractivity contribution in [3.63, 3.8) is 0 Å². The van der Waals surface area contributed by atoms with Crippen molar-refractivity contribution in [3.8, 4) is 11.9 Å². The van der Waals surface area contributed by atoms with Crippen LogP contribution in [0.15, 0.2) is 4.42 Å². The van der Waals surface area contributed by atoms with Crippen molar-refractivity contribution in [1.29, 1.82) is 0 Å². The Morgan fingerprint density at radius 3 is 1.53 bits per heavy atom. The second-order valence-electron chi connectivity index (χ2n) is 3.11. The van der Waals surface area contributed by atoms with Gasteiger partial charge >= 0.3 is 11.9 Å². The molecule has 0 spiro atoms. The van der Waals surface area contributed by atoms with Crippen LogP contribution in [0.5, 0.6) is 11.9 Å². The molecule has 0 aliphatic rings. The molecule has 0 unspecified atom stereocenters. The molecule has 1 rings (SSSR count). The first-order valence-corrected chi connectivity index (χ1v) is 4.38. The lowest BCUT2D eigenvalue weighted by atomic mass is 10.2. The van der Waals surface area contributed by atoms with Crippen LogP contribution in [0.25, 0.3) is 0 Å². The van der Waals surface area contributed by atoms with Crippen LogP contribution in [0.2, 0.25) is 0 Å². The van der Waals surface area contributed by atoms with Crippen LogP contribution in [0.3, 0.4) is 0 Å². The summed E-state index contributed by atoms with van der Waals surface area (Å²) in [4.78, 5) is 21.4. The van der Waals surface area contributed by atoms with Gasteiger partial charge in [-0.25, -0.2) is 0 Å². The summed E-state index contributed by atoms with van der Waals surface area (Å²) in [7, 11) is 0. The zero-order valence-electron chi connectivity index (χ0n) is 9.04. The third-order valence-electron chi connectivity index (χ3n) is 1.83. The zero-order chi connectivity index (χ0) is 11.6. The number of esters is 2. The summed E-state index contributed by atoms with van der Waals surface area (Å²) in [6, 6.07) is 0. The Morgan fingerprint density at radius 1 is 0.933 bits per heavy atom. The molecule has 15 heavy (non-hydrogen) atoms. The summed E-state index contributed by atoms with van der Waals surface area (Å²) in [5.41, 5.74) is 1.28. The lowest BCUT2D eigenvalue weighted by molar-refractivity contribution is -0.133. The standard InChI is InChI=1S/C10H12O5/c1-5-6(2)10(14-8(4)12)15-9(5)13-7(3)11/h1-4H3. The number of hydrogen-bond acceptors (Lipinski definition) is 5. The summed E-state index contributed by atoms with van der Waals surface area (Å²) >= 11 is 0. The average molecular weight is 212 g/mol. The van der Waals surface area contributed by atoms with Gasteiger partial charge in [-0.2, -0.15) is 0 Å². The topological polar surface area (TPSA) is 65.7 Å². The first kappa shape index (κ1) is 11.3. The third-order valence-corrected chi connectivity index (χ3v) is 1.83. The Labute approximate surface area is 87.0 Å². The molecule has 0 atom stereocenters. The molecule has 0 saturated carbocycles. The monoisotopic (exact) mass is 212 g/mol. The molecule has 0 radical (unpaired) electrons. The van der Waals surface area contributed by atoms with Crippen LogP contribution in [0.4, 0.5) is 0 Å². The molecule has 82 valence electrons. The number of carbonyl (C=O) groups excluding carboxylic acids is 2. The Morgan fingerprint density at radius 2 is 1.27 bits per heavy atom. The fourth-order valence-electron chi connectivity index (χ4n) is 0.999. The van der Waals surface area contributed by atoms with E-state index in [1.165, 1.54) is 13.8 Å². The predicted octanol–water partition coefficient (Wildman–Crippen LogP) is 1.75. The van der Waals surface area contributed by atoms with Gasteiger partial charge < -0.3 is 13.9 Å². The maximum atomic E-state index is 10.7. The smallest absolute Gasteiger partial charge is 0.310 e. The van der Waals surface area contributed by atoms with Gasteiger partial charge in [0.05, 0.1) is 0 Å².